The van der Waals surface area contributed by atoms with Gasteiger partial charge in [-0.2, -0.15) is 0 Å². The first kappa shape index (κ1) is 13.6. The minimum atomic E-state index is 0.652. The van der Waals surface area contributed by atoms with Crippen molar-refractivity contribution in [3.8, 4) is 0 Å². The second kappa shape index (κ2) is 6.96. The zero-order valence-electron chi connectivity index (χ0n) is 11.2. The smallest absolute Gasteiger partial charge is 0.0379 e. The SMILES string of the molecule is CN1CCCCC1CCN1CCCCC1CCl. The van der Waals surface area contributed by atoms with Gasteiger partial charge in [0.25, 0.3) is 0 Å². The number of hydrogen-bond donors (Lipinski definition) is 0. The molecule has 0 N–H and O–H groups in total. The van der Waals surface area contributed by atoms with E-state index in [1.54, 1.807) is 0 Å². The summed E-state index contributed by atoms with van der Waals surface area (Å²) in [7, 11) is 2.29. The number of piperidine rings is 2. The van der Waals surface area contributed by atoms with Crippen LogP contribution < -0.4 is 0 Å². The zero-order chi connectivity index (χ0) is 12.1. The van der Waals surface area contributed by atoms with Gasteiger partial charge in [-0.25, -0.2) is 0 Å². The first-order chi connectivity index (χ1) is 8.31. The lowest BCUT2D eigenvalue weighted by Gasteiger charge is -2.38. The molecule has 2 rings (SSSR count). The number of alkyl halides is 1. The standard InChI is InChI=1S/C14H27ClN2/c1-16-9-4-2-6-13(16)8-11-17-10-5-3-7-14(17)12-15/h13-14H,2-12H2,1H3. The summed E-state index contributed by atoms with van der Waals surface area (Å²) < 4.78 is 0. The lowest BCUT2D eigenvalue weighted by atomic mass is 9.98. The highest BCUT2D eigenvalue weighted by atomic mass is 35.5. The summed E-state index contributed by atoms with van der Waals surface area (Å²) in [4.78, 5) is 5.20. The van der Waals surface area contributed by atoms with Gasteiger partial charge in [0.1, 0.15) is 0 Å². The molecule has 2 fully saturated rings. The fourth-order valence-corrected chi connectivity index (χ4v) is 3.70. The Morgan fingerprint density at radius 2 is 1.71 bits per heavy atom. The van der Waals surface area contributed by atoms with E-state index in [1.807, 2.05) is 0 Å². The summed E-state index contributed by atoms with van der Waals surface area (Å²) in [6, 6.07) is 1.47. The number of likely N-dealkylation sites (tertiary alicyclic amines) is 2. The molecule has 0 bridgehead atoms. The van der Waals surface area contributed by atoms with E-state index in [-0.39, 0.29) is 0 Å². The Labute approximate surface area is 111 Å². The monoisotopic (exact) mass is 258 g/mol. The van der Waals surface area contributed by atoms with Gasteiger partial charge in [-0.3, -0.25) is 4.90 Å². The molecule has 2 unspecified atom stereocenters. The van der Waals surface area contributed by atoms with Gasteiger partial charge in [-0.05, 0) is 58.8 Å². The molecule has 2 aliphatic rings. The van der Waals surface area contributed by atoms with Crippen LogP contribution in [0.4, 0.5) is 0 Å². The van der Waals surface area contributed by atoms with Crippen molar-refractivity contribution in [2.45, 2.75) is 57.0 Å². The summed E-state index contributed by atoms with van der Waals surface area (Å²) in [6.45, 7) is 3.82. The molecule has 0 aromatic carbocycles. The van der Waals surface area contributed by atoms with Gasteiger partial charge in [0.05, 0.1) is 0 Å². The predicted molar refractivity (Wildman–Crippen MR) is 74.8 cm³/mol. The van der Waals surface area contributed by atoms with Crippen LogP contribution in [0.25, 0.3) is 0 Å². The maximum atomic E-state index is 6.07. The zero-order valence-corrected chi connectivity index (χ0v) is 12.0. The molecule has 3 heteroatoms. The van der Waals surface area contributed by atoms with Gasteiger partial charge in [0.2, 0.25) is 0 Å². The van der Waals surface area contributed by atoms with Gasteiger partial charge in [-0.1, -0.05) is 12.8 Å². The third-order valence-corrected chi connectivity index (χ3v) is 4.95. The Morgan fingerprint density at radius 1 is 1.00 bits per heavy atom. The summed E-state index contributed by atoms with van der Waals surface area (Å²) in [5, 5.41) is 0. The number of rotatable bonds is 4. The normalized spacial score (nSPS) is 32.8. The Bertz CT molecular complexity index is 222. The molecule has 2 atom stereocenters. The van der Waals surface area contributed by atoms with Gasteiger partial charge in [-0.15, -0.1) is 11.6 Å². The van der Waals surface area contributed by atoms with Gasteiger partial charge < -0.3 is 4.90 Å². The fraction of sp³-hybridized carbons (Fsp3) is 1.00. The highest BCUT2D eigenvalue weighted by Crippen LogP contribution is 2.22. The van der Waals surface area contributed by atoms with Crippen molar-refractivity contribution in [2.75, 3.05) is 32.6 Å². The second-order valence-corrected chi connectivity index (χ2v) is 6.07. The molecule has 0 aromatic heterocycles. The number of nitrogens with zero attached hydrogens (tertiary/aromatic N) is 2. The minimum Gasteiger partial charge on any atom is -0.303 e. The van der Waals surface area contributed by atoms with Crippen molar-refractivity contribution in [1.82, 2.24) is 9.80 Å². The van der Waals surface area contributed by atoms with E-state index in [0.29, 0.717) is 6.04 Å². The molecule has 17 heavy (non-hydrogen) atoms. The molecule has 2 nitrogen and oxygen atoms in total. The van der Waals surface area contributed by atoms with Crippen LogP contribution in [0, 0.1) is 0 Å². The molecule has 0 amide bonds. The van der Waals surface area contributed by atoms with Crippen LogP contribution in [0.5, 0.6) is 0 Å². The van der Waals surface area contributed by atoms with E-state index >= 15 is 0 Å². The van der Waals surface area contributed by atoms with Crippen molar-refractivity contribution in [3.05, 3.63) is 0 Å². The van der Waals surface area contributed by atoms with Crippen molar-refractivity contribution in [1.29, 1.82) is 0 Å². The van der Waals surface area contributed by atoms with Crippen LogP contribution in [0.1, 0.15) is 44.9 Å². The van der Waals surface area contributed by atoms with Gasteiger partial charge in [0.15, 0.2) is 0 Å². The van der Waals surface area contributed by atoms with E-state index in [4.69, 9.17) is 11.6 Å². The molecule has 0 radical (unpaired) electrons. The second-order valence-electron chi connectivity index (χ2n) is 5.76. The van der Waals surface area contributed by atoms with Gasteiger partial charge in [0, 0.05) is 18.0 Å². The Kier molecular flexibility index (Phi) is 5.58. The third-order valence-electron chi connectivity index (χ3n) is 4.60. The van der Waals surface area contributed by atoms with E-state index in [1.165, 1.54) is 64.6 Å². The first-order valence-electron chi connectivity index (χ1n) is 7.31. The Hall–Kier alpha value is 0.210. The summed E-state index contributed by atoms with van der Waals surface area (Å²) >= 11 is 6.07. The topological polar surface area (TPSA) is 6.48 Å². The molecular weight excluding hydrogens is 232 g/mol. The van der Waals surface area contributed by atoms with Crippen LogP contribution in [0.2, 0.25) is 0 Å². The molecule has 2 heterocycles. The molecule has 0 saturated carbocycles. The molecular formula is C14H27ClN2. The van der Waals surface area contributed by atoms with Crippen LogP contribution in [-0.4, -0.2) is 54.4 Å². The summed E-state index contributed by atoms with van der Waals surface area (Å²) in [6.07, 6.45) is 9.60. The quantitative estimate of drug-likeness (QED) is 0.716. The van der Waals surface area contributed by atoms with Gasteiger partial charge >= 0.3 is 0 Å². The number of halogens is 1. The predicted octanol–water partition coefficient (Wildman–Crippen LogP) is 2.95. The van der Waals surface area contributed by atoms with Crippen molar-refractivity contribution >= 4 is 11.6 Å². The van der Waals surface area contributed by atoms with Crippen LogP contribution in [0.15, 0.2) is 0 Å². The Balaban J connectivity index is 1.75. The maximum absolute atomic E-state index is 6.07. The third kappa shape index (κ3) is 3.84. The summed E-state index contributed by atoms with van der Waals surface area (Å²) in [5.41, 5.74) is 0. The molecule has 2 aliphatic heterocycles. The van der Waals surface area contributed by atoms with E-state index in [9.17, 15) is 0 Å². The van der Waals surface area contributed by atoms with Crippen molar-refractivity contribution in [3.63, 3.8) is 0 Å². The van der Waals surface area contributed by atoms with E-state index in [0.717, 1.165) is 11.9 Å². The summed E-state index contributed by atoms with van der Waals surface area (Å²) in [5.74, 6) is 0.820. The molecule has 0 aromatic rings. The largest absolute Gasteiger partial charge is 0.303 e. The van der Waals surface area contributed by atoms with E-state index < -0.39 is 0 Å². The van der Waals surface area contributed by atoms with Crippen LogP contribution in [-0.2, 0) is 0 Å². The fourth-order valence-electron chi connectivity index (χ4n) is 3.35. The van der Waals surface area contributed by atoms with Crippen molar-refractivity contribution < 1.29 is 0 Å². The minimum absolute atomic E-state index is 0.652. The molecule has 2 saturated heterocycles. The van der Waals surface area contributed by atoms with Crippen molar-refractivity contribution in [2.24, 2.45) is 0 Å². The van der Waals surface area contributed by atoms with Crippen LogP contribution >= 0.6 is 11.6 Å². The lowest BCUT2D eigenvalue weighted by molar-refractivity contribution is 0.120. The highest BCUT2D eigenvalue weighted by Gasteiger charge is 2.24. The highest BCUT2D eigenvalue weighted by molar-refractivity contribution is 6.18. The lowest BCUT2D eigenvalue weighted by Crippen LogP contribution is -2.44. The average molecular weight is 259 g/mol. The first-order valence-corrected chi connectivity index (χ1v) is 7.85. The molecule has 0 spiro atoms. The maximum Gasteiger partial charge on any atom is 0.0379 e. The number of hydrogen-bond acceptors (Lipinski definition) is 2. The molecule has 0 aliphatic carbocycles. The Morgan fingerprint density at radius 3 is 2.41 bits per heavy atom. The van der Waals surface area contributed by atoms with Crippen LogP contribution in [0.3, 0.4) is 0 Å². The van der Waals surface area contributed by atoms with E-state index in [2.05, 4.69) is 16.8 Å². The molecule has 100 valence electrons. The average Bonchev–Trinajstić information content (AvgIpc) is 2.38.